The molecule has 53 heavy (non-hydrogen) atoms. The third-order valence-electron chi connectivity index (χ3n) is 12.6. The van der Waals surface area contributed by atoms with Crippen molar-refractivity contribution in [2.24, 2.45) is 11.8 Å². The molecule has 11 rings (SSSR count). The van der Waals surface area contributed by atoms with E-state index in [-0.39, 0.29) is 5.92 Å². The van der Waals surface area contributed by atoms with Gasteiger partial charge in [0.1, 0.15) is 0 Å². The van der Waals surface area contributed by atoms with Crippen molar-refractivity contribution in [3.63, 3.8) is 0 Å². The highest BCUT2D eigenvalue weighted by molar-refractivity contribution is 5.94. The molecular formula is C52H41N. The summed E-state index contributed by atoms with van der Waals surface area (Å²) in [5, 5.41) is 4.11. The van der Waals surface area contributed by atoms with Crippen LogP contribution in [-0.4, -0.2) is 4.57 Å². The molecule has 1 aromatic heterocycles. The molecule has 4 unspecified atom stereocenters. The molecule has 0 saturated heterocycles. The number of rotatable bonds is 4. The summed E-state index contributed by atoms with van der Waals surface area (Å²) < 4.78 is 2.64. The first-order valence-electron chi connectivity index (χ1n) is 19.4. The Labute approximate surface area is 311 Å². The van der Waals surface area contributed by atoms with E-state index in [0.717, 1.165) is 25.7 Å². The van der Waals surface area contributed by atoms with Gasteiger partial charge in [0, 0.05) is 40.0 Å². The van der Waals surface area contributed by atoms with Gasteiger partial charge in [0.15, 0.2) is 0 Å². The van der Waals surface area contributed by atoms with E-state index in [1.54, 1.807) is 5.57 Å². The van der Waals surface area contributed by atoms with E-state index >= 15 is 0 Å². The molecule has 6 aliphatic rings. The molecule has 0 amide bonds. The van der Waals surface area contributed by atoms with Crippen molar-refractivity contribution in [3.05, 3.63) is 231 Å². The Bertz CT molecular complexity index is 2720. The molecule has 4 atom stereocenters. The second kappa shape index (κ2) is 12.3. The molecule has 6 aliphatic carbocycles. The average Bonchev–Trinajstić information content (AvgIpc) is 3.57. The van der Waals surface area contributed by atoms with Crippen molar-refractivity contribution in [1.82, 2.24) is 4.57 Å². The zero-order valence-corrected chi connectivity index (χ0v) is 29.8. The van der Waals surface area contributed by atoms with Crippen molar-refractivity contribution < 1.29 is 0 Å². The Morgan fingerprint density at radius 3 is 2.32 bits per heavy atom. The molecule has 0 saturated carbocycles. The predicted molar refractivity (Wildman–Crippen MR) is 220 cm³/mol. The maximum Gasteiger partial charge on any atom is 0.0534 e. The van der Waals surface area contributed by atoms with E-state index in [4.69, 9.17) is 0 Å². The number of benzene rings is 4. The Balaban J connectivity index is 1.12. The summed E-state index contributed by atoms with van der Waals surface area (Å²) in [6.07, 6.45) is 30.7. The van der Waals surface area contributed by atoms with Gasteiger partial charge in [-0.05, 0) is 87.6 Å². The van der Waals surface area contributed by atoms with E-state index < -0.39 is 0 Å². The summed E-state index contributed by atoms with van der Waals surface area (Å²) in [7, 11) is 0. The second-order valence-electron chi connectivity index (χ2n) is 15.4. The van der Waals surface area contributed by atoms with Crippen LogP contribution in [-0.2, 0) is 0 Å². The van der Waals surface area contributed by atoms with E-state index in [2.05, 4.69) is 181 Å². The van der Waals surface area contributed by atoms with Crippen molar-refractivity contribution >= 4 is 28.2 Å². The first kappa shape index (κ1) is 30.7. The Morgan fingerprint density at radius 2 is 1.43 bits per heavy atom. The van der Waals surface area contributed by atoms with Crippen molar-refractivity contribution in [2.45, 2.75) is 37.5 Å². The van der Waals surface area contributed by atoms with Crippen LogP contribution in [0.3, 0.4) is 0 Å². The summed E-state index contributed by atoms with van der Waals surface area (Å²) in [5.41, 5.74) is 17.0. The Kier molecular flexibility index (Phi) is 7.15. The smallest absolute Gasteiger partial charge is 0.0534 e. The first-order valence-corrected chi connectivity index (χ1v) is 19.4. The van der Waals surface area contributed by atoms with E-state index in [9.17, 15) is 0 Å². The molecule has 0 fully saturated rings. The summed E-state index contributed by atoms with van der Waals surface area (Å²) >= 11 is 0. The lowest BCUT2D eigenvalue weighted by molar-refractivity contribution is 0.600. The van der Waals surface area contributed by atoms with Gasteiger partial charge in [0.2, 0.25) is 0 Å². The summed E-state index contributed by atoms with van der Waals surface area (Å²) in [6.45, 7) is 0. The van der Waals surface area contributed by atoms with Gasteiger partial charge < -0.3 is 4.57 Å². The molecule has 0 aliphatic heterocycles. The SMILES string of the molecule is C1=CC2=CC(C3=CC4C=Cc5c(c6ccccc6n5C5=c6ccccc6=C(c6ccccc6)CC5)C4C4=C3C=CC(c3ccccc3)C4)=CCC2C=C1. The van der Waals surface area contributed by atoms with E-state index in [1.165, 1.54) is 77.3 Å². The fourth-order valence-electron chi connectivity index (χ4n) is 10.2. The van der Waals surface area contributed by atoms with Gasteiger partial charge in [-0.25, -0.2) is 0 Å². The van der Waals surface area contributed by atoms with Crippen LogP contribution in [0.4, 0.5) is 0 Å². The quantitative estimate of drug-likeness (QED) is 0.178. The number of para-hydroxylation sites is 1. The van der Waals surface area contributed by atoms with Crippen LogP contribution < -0.4 is 10.4 Å². The van der Waals surface area contributed by atoms with Crippen LogP contribution in [0.2, 0.25) is 0 Å². The standard InChI is InChI=1S/C52H41N/c1-3-13-34(14-4-1)38-25-27-43-46(39-24-23-35-15-7-8-18-37(35)31-39)33-40-26-29-50-52(51(40)47(43)32-38)45-21-11-12-22-48(45)53(50)49-30-28-41(36-16-5-2-6-17-36)42-19-9-10-20-44(42)49/h1-22,24-27,29,31,33,35,38,40,51H,23,28,30,32H2. The highest BCUT2D eigenvalue weighted by atomic mass is 15.0. The zero-order valence-electron chi connectivity index (χ0n) is 29.8. The minimum atomic E-state index is 0.282. The maximum absolute atomic E-state index is 2.64. The van der Waals surface area contributed by atoms with Crippen molar-refractivity contribution in [1.29, 1.82) is 0 Å². The maximum atomic E-state index is 2.64. The minimum Gasteiger partial charge on any atom is -0.313 e. The second-order valence-corrected chi connectivity index (χ2v) is 15.4. The molecule has 0 bridgehead atoms. The molecule has 5 aromatic rings. The first-order chi connectivity index (χ1) is 26.3. The zero-order chi connectivity index (χ0) is 34.9. The number of hydrogen-bond acceptors (Lipinski definition) is 0. The number of allylic oxidation sites excluding steroid dienone is 15. The summed E-state index contributed by atoms with van der Waals surface area (Å²) in [4.78, 5) is 0. The lowest BCUT2D eigenvalue weighted by atomic mass is 9.64. The number of hydrogen-bond donors (Lipinski definition) is 0. The predicted octanol–water partition coefficient (Wildman–Crippen LogP) is 11.0. The molecule has 1 heteroatoms. The molecule has 0 radical (unpaired) electrons. The van der Waals surface area contributed by atoms with Gasteiger partial charge in [0.25, 0.3) is 0 Å². The molecule has 254 valence electrons. The van der Waals surface area contributed by atoms with Crippen LogP contribution in [0.25, 0.3) is 28.2 Å². The topological polar surface area (TPSA) is 4.93 Å². The number of fused-ring (bicyclic) bond motifs is 8. The van der Waals surface area contributed by atoms with Gasteiger partial charge in [-0.1, -0.05) is 169 Å². The normalized spacial score (nSPS) is 23.8. The number of aromatic nitrogens is 1. The highest BCUT2D eigenvalue weighted by Gasteiger charge is 2.40. The van der Waals surface area contributed by atoms with Crippen LogP contribution in [0.5, 0.6) is 0 Å². The fourth-order valence-corrected chi connectivity index (χ4v) is 10.2. The van der Waals surface area contributed by atoms with Crippen molar-refractivity contribution in [3.8, 4) is 0 Å². The third-order valence-corrected chi connectivity index (χ3v) is 12.6. The Hall–Kier alpha value is -5.92. The molecule has 1 nitrogen and oxygen atoms in total. The van der Waals surface area contributed by atoms with E-state index in [1.807, 2.05) is 0 Å². The number of nitrogens with zero attached hydrogens (tertiary/aromatic N) is 1. The van der Waals surface area contributed by atoms with Gasteiger partial charge in [-0.15, -0.1) is 0 Å². The minimum absolute atomic E-state index is 0.282. The third kappa shape index (κ3) is 4.91. The summed E-state index contributed by atoms with van der Waals surface area (Å²) in [6, 6.07) is 40.5. The van der Waals surface area contributed by atoms with Gasteiger partial charge >= 0.3 is 0 Å². The van der Waals surface area contributed by atoms with Gasteiger partial charge in [0.05, 0.1) is 11.2 Å². The molecule has 4 aromatic carbocycles. The Morgan fingerprint density at radius 1 is 0.642 bits per heavy atom. The van der Waals surface area contributed by atoms with Gasteiger partial charge in [-0.2, -0.15) is 0 Å². The van der Waals surface area contributed by atoms with E-state index in [0.29, 0.717) is 17.8 Å². The van der Waals surface area contributed by atoms with Crippen LogP contribution >= 0.6 is 0 Å². The molecule has 1 heterocycles. The molecule has 0 spiro atoms. The molecule has 0 N–H and O–H groups in total. The largest absolute Gasteiger partial charge is 0.313 e. The molecular weight excluding hydrogens is 639 g/mol. The van der Waals surface area contributed by atoms with Gasteiger partial charge in [-0.3, -0.25) is 0 Å². The fraction of sp³-hybridized carbons (Fsp3) is 0.154. The van der Waals surface area contributed by atoms with Crippen molar-refractivity contribution in [2.75, 3.05) is 0 Å². The highest BCUT2D eigenvalue weighted by Crippen LogP contribution is 2.55. The monoisotopic (exact) mass is 679 g/mol. The van der Waals surface area contributed by atoms with Crippen LogP contribution in [0, 0.1) is 11.8 Å². The lowest BCUT2D eigenvalue weighted by Crippen LogP contribution is -2.34. The summed E-state index contributed by atoms with van der Waals surface area (Å²) in [5.74, 6) is 1.42. The van der Waals surface area contributed by atoms with Crippen LogP contribution in [0.15, 0.2) is 198 Å². The van der Waals surface area contributed by atoms with Crippen LogP contribution in [0.1, 0.15) is 59.9 Å². The lowest BCUT2D eigenvalue weighted by Gasteiger charge is -2.39. The average molecular weight is 680 g/mol.